The lowest BCUT2D eigenvalue weighted by Gasteiger charge is -2.43. The van der Waals surface area contributed by atoms with E-state index >= 15 is 0 Å². The topological polar surface area (TPSA) is 55.4 Å². The van der Waals surface area contributed by atoms with Crippen LogP contribution in [0.25, 0.3) is 0 Å². The number of methoxy groups -OCH3 is 2. The predicted octanol–water partition coefficient (Wildman–Crippen LogP) is 5.90. The van der Waals surface area contributed by atoms with Crippen LogP contribution in [0, 0.1) is 0 Å². The molecule has 6 nitrogen and oxygen atoms in total. The first-order valence-corrected chi connectivity index (χ1v) is 10.8. The van der Waals surface area contributed by atoms with Gasteiger partial charge >= 0.3 is 11.9 Å². The molecule has 0 heterocycles. The fourth-order valence-electron chi connectivity index (χ4n) is 3.28. The third-order valence-electron chi connectivity index (χ3n) is 4.89. The minimum atomic E-state index is -2.05. The van der Waals surface area contributed by atoms with Crippen LogP contribution in [0.5, 0.6) is 23.0 Å². The lowest BCUT2D eigenvalue weighted by Crippen LogP contribution is -2.70. The Labute approximate surface area is 199 Å². The molecule has 0 bridgehead atoms. The van der Waals surface area contributed by atoms with Gasteiger partial charge in [0.2, 0.25) is 0 Å². The van der Waals surface area contributed by atoms with Crippen LogP contribution in [0.4, 0.5) is 0 Å². The van der Waals surface area contributed by atoms with E-state index in [1.165, 1.54) is 14.2 Å². The van der Waals surface area contributed by atoms with Crippen molar-refractivity contribution in [1.82, 2.24) is 0 Å². The summed E-state index contributed by atoms with van der Waals surface area (Å²) in [6.45, 7) is 0. The lowest BCUT2D eigenvalue weighted by molar-refractivity contribution is -0.480. The molecule has 4 aromatic carbocycles. The van der Waals surface area contributed by atoms with E-state index in [-0.39, 0.29) is 0 Å². The minimum Gasteiger partial charge on any atom is -0.422 e. The van der Waals surface area contributed by atoms with Crippen molar-refractivity contribution in [3.8, 4) is 23.0 Å². The molecule has 0 aliphatic carbocycles. The molecule has 0 amide bonds. The van der Waals surface area contributed by atoms with Crippen LogP contribution in [0.3, 0.4) is 0 Å². The van der Waals surface area contributed by atoms with Gasteiger partial charge in [-0.1, -0.05) is 72.8 Å². The SMILES string of the molecule is COC(Oc1ccccc1)(Oc1ccccc1)C(OC)(Oc1ccccc1)Oc1ccccc1. The first kappa shape index (κ1) is 23.2. The lowest BCUT2D eigenvalue weighted by atomic mass is 10.3. The molecule has 34 heavy (non-hydrogen) atoms. The van der Waals surface area contributed by atoms with E-state index in [0.717, 1.165) is 0 Å². The summed E-state index contributed by atoms with van der Waals surface area (Å²) in [5.74, 6) is -2.28. The molecule has 0 saturated heterocycles. The molecule has 4 rings (SSSR count). The maximum Gasteiger partial charge on any atom is 0.486 e. The molecule has 0 unspecified atom stereocenters. The number of hydrogen-bond donors (Lipinski definition) is 0. The van der Waals surface area contributed by atoms with E-state index in [1.54, 1.807) is 48.5 Å². The smallest absolute Gasteiger partial charge is 0.422 e. The van der Waals surface area contributed by atoms with Crippen molar-refractivity contribution < 1.29 is 28.4 Å². The van der Waals surface area contributed by atoms with Gasteiger partial charge in [-0.15, -0.1) is 0 Å². The average molecular weight is 459 g/mol. The molecule has 0 fully saturated rings. The van der Waals surface area contributed by atoms with Crippen molar-refractivity contribution in [3.05, 3.63) is 121 Å². The van der Waals surface area contributed by atoms with Gasteiger partial charge < -0.3 is 28.4 Å². The molecule has 0 radical (unpaired) electrons. The van der Waals surface area contributed by atoms with E-state index < -0.39 is 11.9 Å². The Bertz CT molecular complexity index is 945. The fraction of sp³-hybridized carbons (Fsp3) is 0.143. The summed E-state index contributed by atoms with van der Waals surface area (Å²) < 4.78 is 37.2. The Hall–Kier alpha value is -4.00. The van der Waals surface area contributed by atoms with E-state index in [1.807, 2.05) is 72.8 Å². The van der Waals surface area contributed by atoms with E-state index in [2.05, 4.69) is 0 Å². The van der Waals surface area contributed by atoms with Gasteiger partial charge in [-0.3, -0.25) is 0 Å². The van der Waals surface area contributed by atoms with Gasteiger partial charge in [0.15, 0.2) is 0 Å². The molecule has 0 saturated carbocycles. The van der Waals surface area contributed by atoms with Gasteiger partial charge in [0.05, 0.1) is 0 Å². The van der Waals surface area contributed by atoms with Gasteiger partial charge in [0.25, 0.3) is 0 Å². The van der Waals surface area contributed by atoms with Crippen molar-refractivity contribution in [2.24, 2.45) is 0 Å². The Kier molecular flexibility index (Phi) is 7.32. The average Bonchev–Trinajstić information content (AvgIpc) is 2.90. The van der Waals surface area contributed by atoms with E-state index in [9.17, 15) is 0 Å². The molecular weight excluding hydrogens is 432 g/mol. The second kappa shape index (κ2) is 10.7. The standard InChI is InChI=1S/C28H26O6/c1-29-27(31-23-15-7-3-8-16-23,32-24-17-9-4-10-18-24)28(30-2,33-25-19-11-5-12-20-25)34-26-21-13-6-14-22-26/h3-22H,1-2H3. The summed E-state index contributed by atoms with van der Waals surface area (Å²) in [4.78, 5) is 0. The number of hydrogen-bond acceptors (Lipinski definition) is 6. The van der Waals surface area contributed by atoms with Crippen LogP contribution < -0.4 is 18.9 Å². The molecule has 0 aliphatic heterocycles. The summed E-state index contributed by atoms with van der Waals surface area (Å²) in [6.07, 6.45) is 0. The van der Waals surface area contributed by atoms with E-state index in [0.29, 0.717) is 23.0 Å². The number of rotatable bonds is 11. The van der Waals surface area contributed by atoms with Crippen molar-refractivity contribution in [2.75, 3.05) is 14.2 Å². The molecule has 4 aromatic rings. The molecule has 0 spiro atoms. The number of para-hydroxylation sites is 4. The highest BCUT2D eigenvalue weighted by Gasteiger charge is 2.66. The van der Waals surface area contributed by atoms with Gasteiger partial charge in [-0.05, 0) is 48.5 Å². The van der Waals surface area contributed by atoms with Crippen LogP contribution in [0.2, 0.25) is 0 Å². The highest BCUT2D eigenvalue weighted by Crippen LogP contribution is 2.38. The molecule has 0 atom stereocenters. The van der Waals surface area contributed by atoms with Gasteiger partial charge in [-0.25, -0.2) is 0 Å². The van der Waals surface area contributed by atoms with Crippen LogP contribution in [0.15, 0.2) is 121 Å². The molecule has 0 aromatic heterocycles. The zero-order chi connectivity index (χ0) is 23.7. The molecule has 174 valence electrons. The van der Waals surface area contributed by atoms with Crippen LogP contribution >= 0.6 is 0 Å². The zero-order valence-electron chi connectivity index (χ0n) is 19.0. The number of ether oxygens (including phenoxy) is 6. The van der Waals surface area contributed by atoms with Crippen LogP contribution in [-0.4, -0.2) is 26.2 Å². The van der Waals surface area contributed by atoms with Gasteiger partial charge in [0.1, 0.15) is 23.0 Å². The number of benzene rings is 4. The highest BCUT2D eigenvalue weighted by atomic mass is 17.0. The fourth-order valence-corrected chi connectivity index (χ4v) is 3.28. The summed E-state index contributed by atoms with van der Waals surface area (Å²) in [5, 5.41) is 0. The molecule has 6 heteroatoms. The first-order chi connectivity index (χ1) is 16.7. The monoisotopic (exact) mass is 458 g/mol. The van der Waals surface area contributed by atoms with Crippen molar-refractivity contribution >= 4 is 0 Å². The Morgan fingerprint density at radius 1 is 0.353 bits per heavy atom. The third kappa shape index (κ3) is 5.14. The summed E-state index contributed by atoms with van der Waals surface area (Å²) in [7, 11) is 2.87. The van der Waals surface area contributed by atoms with Crippen LogP contribution in [-0.2, 0) is 9.47 Å². The second-order valence-corrected chi connectivity index (χ2v) is 7.18. The normalized spacial score (nSPS) is 11.5. The highest BCUT2D eigenvalue weighted by molar-refractivity contribution is 5.27. The quantitative estimate of drug-likeness (QED) is 0.261. The third-order valence-corrected chi connectivity index (χ3v) is 4.89. The summed E-state index contributed by atoms with van der Waals surface area (Å²) in [6, 6.07) is 36.4. The van der Waals surface area contributed by atoms with Crippen LogP contribution in [0.1, 0.15) is 0 Å². The minimum absolute atomic E-state index is 0.454. The molecular formula is C28H26O6. The maximum absolute atomic E-state index is 6.34. The molecule has 0 N–H and O–H groups in total. The largest absolute Gasteiger partial charge is 0.486 e. The summed E-state index contributed by atoms with van der Waals surface area (Å²) in [5.41, 5.74) is 0. The van der Waals surface area contributed by atoms with E-state index in [4.69, 9.17) is 28.4 Å². The Balaban J connectivity index is 1.87. The Morgan fingerprint density at radius 2 is 0.559 bits per heavy atom. The summed E-state index contributed by atoms with van der Waals surface area (Å²) >= 11 is 0. The van der Waals surface area contributed by atoms with Gasteiger partial charge in [-0.2, -0.15) is 0 Å². The Morgan fingerprint density at radius 3 is 0.735 bits per heavy atom. The predicted molar refractivity (Wildman–Crippen MR) is 128 cm³/mol. The van der Waals surface area contributed by atoms with Crippen molar-refractivity contribution in [2.45, 2.75) is 11.9 Å². The first-order valence-electron chi connectivity index (χ1n) is 10.8. The van der Waals surface area contributed by atoms with Gasteiger partial charge in [0, 0.05) is 14.2 Å². The van der Waals surface area contributed by atoms with Crippen molar-refractivity contribution in [1.29, 1.82) is 0 Å². The zero-order valence-corrected chi connectivity index (χ0v) is 19.0. The molecule has 0 aliphatic rings. The van der Waals surface area contributed by atoms with Crippen molar-refractivity contribution in [3.63, 3.8) is 0 Å². The second-order valence-electron chi connectivity index (χ2n) is 7.18. The maximum atomic E-state index is 6.34.